The van der Waals surface area contributed by atoms with Gasteiger partial charge in [-0.2, -0.15) is 0 Å². The summed E-state index contributed by atoms with van der Waals surface area (Å²) in [5, 5.41) is 11.1. The Balaban J connectivity index is 1.66. The number of anilines is 1. The summed E-state index contributed by atoms with van der Waals surface area (Å²) < 4.78 is 19.6. The second kappa shape index (κ2) is 9.23. The molecule has 5 rings (SSSR count). The SMILES string of the molecule is O=C1C(=O)N(c2ccc(F)cc2)C(c2cccc(Oc3ccccc3)c2)/C1=C(/O)c1ccncc1. The van der Waals surface area contributed by atoms with Crippen LogP contribution in [0, 0.1) is 5.82 Å². The number of nitrogens with zero attached hydrogens (tertiary/aromatic N) is 2. The molecule has 1 aliphatic rings. The highest BCUT2D eigenvalue weighted by Crippen LogP contribution is 2.43. The minimum atomic E-state index is -0.965. The molecule has 1 atom stereocenters. The molecule has 0 radical (unpaired) electrons. The Morgan fingerprint density at radius 2 is 1.54 bits per heavy atom. The maximum absolute atomic E-state index is 13.6. The maximum atomic E-state index is 13.6. The molecule has 1 aromatic heterocycles. The van der Waals surface area contributed by atoms with Gasteiger partial charge in [-0.1, -0.05) is 30.3 Å². The average Bonchev–Trinajstić information content (AvgIpc) is 3.16. The summed E-state index contributed by atoms with van der Waals surface area (Å²) in [5.74, 6) is -1.36. The molecule has 1 unspecified atom stereocenters. The van der Waals surface area contributed by atoms with E-state index in [1.165, 1.54) is 41.6 Å². The smallest absolute Gasteiger partial charge is 0.300 e. The van der Waals surface area contributed by atoms with E-state index in [9.17, 15) is 19.1 Å². The fourth-order valence-corrected chi connectivity index (χ4v) is 4.05. The quantitative estimate of drug-likeness (QED) is 0.234. The van der Waals surface area contributed by atoms with Gasteiger partial charge in [0.15, 0.2) is 0 Å². The van der Waals surface area contributed by atoms with Crippen LogP contribution < -0.4 is 9.64 Å². The molecule has 0 saturated carbocycles. The highest BCUT2D eigenvalue weighted by Gasteiger charge is 2.47. The number of Topliss-reactive ketones (excluding diaryl/α,β-unsaturated/α-hetero) is 1. The minimum absolute atomic E-state index is 0.0811. The lowest BCUT2D eigenvalue weighted by molar-refractivity contribution is -0.132. The van der Waals surface area contributed by atoms with E-state index in [1.54, 1.807) is 48.5 Å². The number of benzene rings is 3. The standard InChI is InChI=1S/C28H19FN2O4/c29-20-9-11-21(12-10-20)31-25(19-5-4-8-23(17-19)35-22-6-2-1-3-7-22)24(27(33)28(31)34)26(32)18-13-15-30-16-14-18/h1-17,25,32H/b26-24-. The lowest BCUT2D eigenvalue weighted by Crippen LogP contribution is -2.29. The van der Waals surface area contributed by atoms with Gasteiger partial charge < -0.3 is 9.84 Å². The topological polar surface area (TPSA) is 79.7 Å². The van der Waals surface area contributed by atoms with Crippen molar-refractivity contribution in [3.63, 3.8) is 0 Å². The maximum Gasteiger partial charge on any atom is 0.300 e. The Morgan fingerprint density at radius 3 is 2.26 bits per heavy atom. The van der Waals surface area contributed by atoms with Crippen LogP contribution in [0.4, 0.5) is 10.1 Å². The Hall–Kier alpha value is -4.78. The van der Waals surface area contributed by atoms with Crippen molar-refractivity contribution in [2.75, 3.05) is 4.90 Å². The van der Waals surface area contributed by atoms with Crippen molar-refractivity contribution in [1.29, 1.82) is 0 Å². The van der Waals surface area contributed by atoms with Gasteiger partial charge in [-0.05, 0) is 66.2 Å². The fraction of sp³-hybridized carbons (Fsp3) is 0.0357. The number of halogens is 1. The van der Waals surface area contributed by atoms with Crippen LogP contribution in [0.15, 0.2) is 109 Å². The zero-order valence-corrected chi connectivity index (χ0v) is 18.3. The number of hydrogen-bond acceptors (Lipinski definition) is 5. The Bertz CT molecular complexity index is 1420. The van der Waals surface area contributed by atoms with Gasteiger partial charge in [0, 0.05) is 23.6 Å². The number of rotatable bonds is 5. The molecular weight excluding hydrogens is 447 g/mol. The first kappa shape index (κ1) is 22.0. The van der Waals surface area contributed by atoms with Crippen molar-refractivity contribution in [2.24, 2.45) is 0 Å². The van der Waals surface area contributed by atoms with E-state index in [4.69, 9.17) is 4.74 Å². The number of para-hydroxylation sites is 1. The van der Waals surface area contributed by atoms with Crippen molar-refractivity contribution in [3.05, 3.63) is 126 Å². The van der Waals surface area contributed by atoms with Crippen LogP contribution >= 0.6 is 0 Å². The number of pyridine rings is 1. The van der Waals surface area contributed by atoms with Gasteiger partial charge in [-0.15, -0.1) is 0 Å². The summed E-state index contributed by atoms with van der Waals surface area (Å²) in [6.07, 6.45) is 2.96. The average molecular weight is 466 g/mol. The van der Waals surface area contributed by atoms with Crippen LogP contribution in [0.25, 0.3) is 5.76 Å². The molecule has 2 heterocycles. The minimum Gasteiger partial charge on any atom is -0.507 e. The highest BCUT2D eigenvalue weighted by molar-refractivity contribution is 6.51. The second-order valence-electron chi connectivity index (χ2n) is 7.87. The highest BCUT2D eigenvalue weighted by atomic mass is 19.1. The van der Waals surface area contributed by atoms with Crippen LogP contribution in [-0.4, -0.2) is 21.8 Å². The third-order valence-corrected chi connectivity index (χ3v) is 5.66. The first-order chi connectivity index (χ1) is 17.0. The molecule has 0 spiro atoms. The van der Waals surface area contributed by atoms with Crippen molar-refractivity contribution in [3.8, 4) is 11.5 Å². The number of carbonyl (C=O) groups excluding carboxylic acids is 2. The van der Waals surface area contributed by atoms with Gasteiger partial charge in [0.05, 0.1) is 11.6 Å². The van der Waals surface area contributed by atoms with E-state index in [0.717, 1.165) is 0 Å². The lowest BCUT2D eigenvalue weighted by Gasteiger charge is -2.25. The molecule has 1 saturated heterocycles. The number of ketones is 1. The third kappa shape index (κ3) is 4.27. The van der Waals surface area contributed by atoms with Gasteiger partial charge >= 0.3 is 0 Å². The van der Waals surface area contributed by atoms with Crippen LogP contribution in [-0.2, 0) is 9.59 Å². The fourth-order valence-electron chi connectivity index (χ4n) is 4.05. The molecule has 1 fully saturated rings. The summed E-state index contributed by atoms with van der Waals surface area (Å²) in [5.41, 5.74) is 1.13. The van der Waals surface area contributed by atoms with Crippen LogP contribution in [0.3, 0.4) is 0 Å². The summed E-state index contributed by atoms with van der Waals surface area (Å²) in [7, 11) is 0. The third-order valence-electron chi connectivity index (χ3n) is 5.66. The number of carbonyl (C=O) groups is 2. The van der Waals surface area contributed by atoms with Crippen LogP contribution in [0.2, 0.25) is 0 Å². The molecule has 1 aliphatic heterocycles. The van der Waals surface area contributed by atoms with Crippen LogP contribution in [0.5, 0.6) is 11.5 Å². The van der Waals surface area contributed by atoms with E-state index >= 15 is 0 Å². The predicted molar refractivity (Wildman–Crippen MR) is 128 cm³/mol. The summed E-state index contributed by atoms with van der Waals surface area (Å²) >= 11 is 0. The van der Waals surface area contributed by atoms with Gasteiger partial charge in [0.1, 0.15) is 23.1 Å². The second-order valence-corrected chi connectivity index (χ2v) is 7.87. The number of ether oxygens (including phenoxy) is 1. The van der Waals surface area contributed by atoms with Gasteiger partial charge in [-0.25, -0.2) is 4.39 Å². The zero-order chi connectivity index (χ0) is 24.4. The first-order valence-electron chi connectivity index (χ1n) is 10.8. The number of aliphatic hydroxyl groups excluding tert-OH is 1. The first-order valence-corrected chi connectivity index (χ1v) is 10.8. The lowest BCUT2D eigenvalue weighted by atomic mass is 9.95. The molecule has 0 bridgehead atoms. The van der Waals surface area contributed by atoms with Crippen molar-refractivity contribution >= 4 is 23.1 Å². The van der Waals surface area contributed by atoms with Gasteiger partial charge in [-0.3, -0.25) is 19.5 Å². The van der Waals surface area contributed by atoms with Crippen molar-refractivity contribution < 1.29 is 23.8 Å². The Kier molecular flexibility index (Phi) is 5.81. The van der Waals surface area contributed by atoms with Crippen molar-refractivity contribution in [2.45, 2.75) is 6.04 Å². The van der Waals surface area contributed by atoms with E-state index < -0.39 is 23.5 Å². The monoisotopic (exact) mass is 466 g/mol. The van der Waals surface area contributed by atoms with Crippen molar-refractivity contribution in [1.82, 2.24) is 4.98 Å². The van der Waals surface area contributed by atoms with Gasteiger partial charge in [0.25, 0.3) is 11.7 Å². The van der Waals surface area contributed by atoms with Crippen LogP contribution in [0.1, 0.15) is 17.2 Å². The molecular formula is C28H19FN2O4. The molecule has 3 aromatic carbocycles. The Labute approximate surface area is 200 Å². The normalized spacial score (nSPS) is 16.9. The number of aliphatic hydroxyl groups is 1. The molecule has 1 N–H and O–H groups in total. The van der Waals surface area contributed by atoms with E-state index in [-0.39, 0.29) is 11.3 Å². The van der Waals surface area contributed by atoms with E-state index in [0.29, 0.717) is 28.3 Å². The molecule has 35 heavy (non-hydrogen) atoms. The summed E-state index contributed by atoms with van der Waals surface area (Å²) in [4.78, 5) is 31.6. The predicted octanol–water partition coefficient (Wildman–Crippen LogP) is 5.64. The van der Waals surface area contributed by atoms with E-state index in [2.05, 4.69) is 4.98 Å². The number of aromatic nitrogens is 1. The molecule has 6 nitrogen and oxygen atoms in total. The molecule has 7 heteroatoms. The summed E-state index contributed by atoms with van der Waals surface area (Å²) in [6, 6.07) is 23.5. The largest absolute Gasteiger partial charge is 0.507 e. The molecule has 172 valence electrons. The number of hydrogen-bond donors (Lipinski definition) is 1. The number of amides is 1. The molecule has 4 aromatic rings. The zero-order valence-electron chi connectivity index (χ0n) is 18.3. The molecule has 0 aliphatic carbocycles. The van der Waals surface area contributed by atoms with Gasteiger partial charge in [0.2, 0.25) is 0 Å². The summed E-state index contributed by atoms with van der Waals surface area (Å²) in [6.45, 7) is 0. The molecule has 1 amide bonds. The van der Waals surface area contributed by atoms with E-state index in [1.807, 2.05) is 18.2 Å². The Morgan fingerprint density at radius 1 is 0.857 bits per heavy atom.